The molecule has 2 aromatic rings. The van der Waals surface area contributed by atoms with Crippen LogP contribution >= 0.6 is 11.6 Å². The first kappa shape index (κ1) is 14.5. The molecule has 20 heavy (non-hydrogen) atoms. The lowest BCUT2D eigenvalue weighted by Gasteiger charge is -2.17. The van der Waals surface area contributed by atoms with Gasteiger partial charge in [-0.25, -0.2) is 4.39 Å². The molecule has 0 aliphatic rings. The zero-order chi connectivity index (χ0) is 14.5. The van der Waals surface area contributed by atoms with Crippen LogP contribution in [0.15, 0.2) is 42.7 Å². The zero-order valence-corrected chi connectivity index (χ0v) is 11.6. The Morgan fingerprint density at radius 1 is 1.45 bits per heavy atom. The third-order valence-electron chi connectivity index (χ3n) is 2.77. The number of halogens is 2. The van der Waals surface area contributed by atoms with Gasteiger partial charge in [-0.1, -0.05) is 18.5 Å². The number of hydrogen-bond acceptors (Lipinski definition) is 3. The summed E-state index contributed by atoms with van der Waals surface area (Å²) in [5.74, 6) is -0.341. The van der Waals surface area contributed by atoms with E-state index in [-0.39, 0.29) is 16.6 Å². The summed E-state index contributed by atoms with van der Waals surface area (Å²) in [6.45, 7) is 1.83. The second kappa shape index (κ2) is 6.48. The van der Waals surface area contributed by atoms with E-state index in [1.165, 1.54) is 18.3 Å². The van der Waals surface area contributed by atoms with E-state index in [9.17, 15) is 9.18 Å². The van der Waals surface area contributed by atoms with Crippen molar-refractivity contribution in [2.75, 3.05) is 0 Å². The van der Waals surface area contributed by atoms with Gasteiger partial charge in [0.05, 0.1) is 5.02 Å². The zero-order valence-electron chi connectivity index (χ0n) is 10.8. The average Bonchev–Trinajstić information content (AvgIpc) is 2.47. The van der Waals surface area contributed by atoms with Crippen molar-refractivity contribution in [1.29, 1.82) is 0 Å². The van der Waals surface area contributed by atoms with Crippen molar-refractivity contribution in [2.45, 2.75) is 19.4 Å². The number of benzene rings is 1. The lowest BCUT2D eigenvalue weighted by molar-refractivity contribution is 0.0786. The molecule has 0 aliphatic carbocycles. The molecule has 3 nitrogen and oxygen atoms in total. The molecule has 0 aliphatic heterocycles. The van der Waals surface area contributed by atoms with Gasteiger partial charge < -0.3 is 4.74 Å². The predicted octanol–water partition coefficient (Wildman–Crippen LogP) is 3.91. The van der Waals surface area contributed by atoms with Gasteiger partial charge in [0, 0.05) is 18.0 Å². The number of hydrogen-bond donors (Lipinski definition) is 0. The summed E-state index contributed by atoms with van der Waals surface area (Å²) in [6.07, 6.45) is 2.87. The Morgan fingerprint density at radius 2 is 2.25 bits per heavy atom. The molecule has 0 radical (unpaired) electrons. The highest BCUT2D eigenvalue weighted by molar-refractivity contribution is 6.32. The minimum absolute atomic E-state index is 0.141. The van der Waals surface area contributed by atoms with Crippen LogP contribution in [-0.2, 0) is 0 Å². The molecule has 1 aromatic carbocycles. The number of Topliss-reactive ketones (excluding diaryl/α,β-unsaturated/α-hetero) is 1. The van der Waals surface area contributed by atoms with Gasteiger partial charge in [0.1, 0.15) is 11.6 Å². The summed E-state index contributed by atoms with van der Waals surface area (Å²) in [7, 11) is 0. The van der Waals surface area contributed by atoms with Gasteiger partial charge in [-0.05, 0) is 36.8 Å². The molecule has 0 spiro atoms. The molecular weight excluding hydrogens is 281 g/mol. The molecule has 0 bridgehead atoms. The molecule has 0 saturated carbocycles. The summed E-state index contributed by atoms with van der Waals surface area (Å²) < 4.78 is 18.6. The number of rotatable bonds is 5. The summed E-state index contributed by atoms with van der Waals surface area (Å²) in [5.41, 5.74) is 0.470. The summed E-state index contributed by atoms with van der Waals surface area (Å²) in [6, 6.07) is 7.16. The molecule has 0 fully saturated rings. The molecular formula is C15H13ClFNO2. The summed E-state index contributed by atoms with van der Waals surface area (Å²) in [4.78, 5) is 16.2. The Kier molecular flexibility index (Phi) is 4.69. The maximum atomic E-state index is 13.0. The molecule has 1 atom stereocenters. The maximum Gasteiger partial charge on any atom is 0.204 e. The van der Waals surface area contributed by atoms with E-state index in [0.717, 1.165) is 6.07 Å². The average molecular weight is 294 g/mol. The van der Waals surface area contributed by atoms with Crippen LogP contribution in [0.1, 0.15) is 23.7 Å². The third-order valence-corrected chi connectivity index (χ3v) is 3.07. The number of ketones is 1. The highest BCUT2D eigenvalue weighted by Crippen LogP contribution is 2.27. The van der Waals surface area contributed by atoms with Crippen molar-refractivity contribution in [1.82, 2.24) is 4.98 Å². The molecule has 0 amide bonds. The molecule has 5 heteroatoms. The molecule has 0 saturated heterocycles. The number of nitrogens with zero attached hydrogens (tertiary/aromatic N) is 1. The topological polar surface area (TPSA) is 39.2 Å². The first-order valence-corrected chi connectivity index (χ1v) is 6.55. The number of carbonyl (C=O) groups is 1. The van der Waals surface area contributed by atoms with E-state index >= 15 is 0 Å². The van der Waals surface area contributed by atoms with E-state index in [1.807, 2.05) is 6.92 Å². The van der Waals surface area contributed by atoms with Gasteiger partial charge >= 0.3 is 0 Å². The standard InChI is InChI=1S/C15H13ClFNO2/c1-2-13(15(19)10-4-3-7-18-9-10)20-14-6-5-11(17)8-12(14)16/h3-9,13H,2H2,1H3. The van der Waals surface area contributed by atoms with Gasteiger partial charge in [-0.15, -0.1) is 0 Å². The molecule has 104 valence electrons. The van der Waals surface area contributed by atoms with E-state index in [2.05, 4.69) is 4.98 Å². The second-order valence-electron chi connectivity index (χ2n) is 4.20. The van der Waals surface area contributed by atoms with Crippen LogP contribution in [0, 0.1) is 5.82 Å². The Morgan fingerprint density at radius 3 is 2.85 bits per heavy atom. The van der Waals surface area contributed by atoms with Crippen molar-refractivity contribution in [3.05, 3.63) is 59.1 Å². The van der Waals surface area contributed by atoms with Gasteiger partial charge in [0.25, 0.3) is 0 Å². The fraction of sp³-hybridized carbons (Fsp3) is 0.200. The van der Waals surface area contributed by atoms with Crippen molar-refractivity contribution < 1.29 is 13.9 Å². The Balaban J connectivity index is 2.19. The van der Waals surface area contributed by atoms with Crippen LogP contribution in [0.3, 0.4) is 0 Å². The Bertz CT molecular complexity index is 604. The van der Waals surface area contributed by atoms with E-state index in [4.69, 9.17) is 16.3 Å². The highest BCUT2D eigenvalue weighted by Gasteiger charge is 2.21. The van der Waals surface area contributed by atoms with Crippen LogP contribution in [-0.4, -0.2) is 16.9 Å². The van der Waals surface area contributed by atoms with Crippen molar-refractivity contribution in [3.63, 3.8) is 0 Å². The number of aromatic nitrogens is 1. The number of pyridine rings is 1. The van der Waals surface area contributed by atoms with E-state index in [0.29, 0.717) is 12.0 Å². The minimum atomic E-state index is -0.679. The molecule has 1 unspecified atom stereocenters. The predicted molar refractivity (Wildman–Crippen MR) is 74.7 cm³/mol. The fourth-order valence-electron chi connectivity index (χ4n) is 1.74. The molecule has 1 heterocycles. The number of ether oxygens (including phenoxy) is 1. The van der Waals surface area contributed by atoms with Gasteiger partial charge in [-0.3, -0.25) is 9.78 Å². The van der Waals surface area contributed by atoms with Crippen molar-refractivity contribution in [3.8, 4) is 5.75 Å². The Hall–Kier alpha value is -1.94. The first-order valence-electron chi connectivity index (χ1n) is 6.17. The second-order valence-corrected chi connectivity index (χ2v) is 4.60. The largest absolute Gasteiger partial charge is 0.481 e. The fourth-order valence-corrected chi connectivity index (χ4v) is 1.95. The Labute approximate surface area is 121 Å². The minimum Gasteiger partial charge on any atom is -0.481 e. The SMILES string of the molecule is CCC(Oc1ccc(F)cc1Cl)C(=O)c1cccnc1. The van der Waals surface area contributed by atoms with Crippen molar-refractivity contribution in [2.24, 2.45) is 0 Å². The van der Waals surface area contributed by atoms with Gasteiger partial charge in [-0.2, -0.15) is 0 Å². The molecule has 1 aromatic heterocycles. The van der Waals surface area contributed by atoms with Gasteiger partial charge in [0.15, 0.2) is 6.10 Å². The quantitative estimate of drug-likeness (QED) is 0.785. The first-order chi connectivity index (χ1) is 9.61. The smallest absolute Gasteiger partial charge is 0.204 e. The van der Waals surface area contributed by atoms with Crippen LogP contribution in [0.25, 0.3) is 0 Å². The lowest BCUT2D eigenvalue weighted by Crippen LogP contribution is -2.27. The van der Waals surface area contributed by atoms with E-state index in [1.54, 1.807) is 18.3 Å². The highest BCUT2D eigenvalue weighted by atomic mass is 35.5. The summed E-state index contributed by atoms with van der Waals surface area (Å²) in [5, 5.41) is 0.141. The maximum absolute atomic E-state index is 13.0. The van der Waals surface area contributed by atoms with Crippen LogP contribution < -0.4 is 4.74 Å². The summed E-state index contributed by atoms with van der Waals surface area (Å²) >= 11 is 5.89. The van der Waals surface area contributed by atoms with E-state index < -0.39 is 11.9 Å². The normalized spacial score (nSPS) is 11.9. The lowest BCUT2D eigenvalue weighted by atomic mass is 10.1. The van der Waals surface area contributed by atoms with Crippen LogP contribution in [0.4, 0.5) is 4.39 Å². The van der Waals surface area contributed by atoms with Crippen LogP contribution in [0.2, 0.25) is 5.02 Å². The van der Waals surface area contributed by atoms with Crippen molar-refractivity contribution >= 4 is 17.4 Å². The van der Waals surface area contributed by atoms with Gasteiger partial charge in [0.2, 0.25) is 5.78 Å². The monoisotopic (exact) mass is 293 g/mol. The molecule has 2 rings (SSSR count). The molecule has 0 N–H and O–H groups in total. The van der Waals surface area contributed by atoms with Crippen LogP contribution in [0.5, 0.6) is 5.75 Å². The third kappa shape index (κ3) is 3.33. The number of carbonyl (C=O) groups excluding carboxylic acids is 1.